The molecule has 172 valence electrons. The van der Waals surface area contributed by atoms with Gasteiger partial charge in [0.05, 0.1) is 40.1 Å². The van der Waals surface area contributed by atoms with Gasteiger partial charge in [0.2, 0.25) is 0 Å². The van der Waals surface area contributed by atoms with E-state index < -0.39 is 0 Å². The van der Waals surface area contributed by atoms with Gasteiger partial charge in [0.1, 0.15) is 19.0 Å². The van der Waals surface area contributed by atoms with Gasteiger partial charge in [-0.15, -0.1) is 0 Å². The quantitative estimate of drug-likeness (QED) is 0.225. The second-order valence-electron chi connectivity index (χ2n) is 7.22. The smallest absolute Gasteiger partial charge is 0.331 e. The van der Waals surface area contributed by atoms with Gasteiger partial charge < -0.3 is 23.7 Å². The number of ether oxygens (including phenoxy) is 5. The monoisotopic (exact) mass is 424 g/mol. The van der Waals surface area contributed by atoms with Crippen LogP contribution >= 0.6 is 0 Å². The lowest BCUT2D eigenvalue weighted by Gasteiger charge is -2.09. The van der Waals surface area contributed by atoms with E-state index in [0.717, 1.165) is 12.2 Å². The number of aryl methyl sites for hydroxylation is 1. The zero-order valence-corrected chi connectivity index (χ0v) is 18.9. The molecule has 0 aliphatic heterocycles. The number of hydrogen-bond acceptors (Lipinski definition) is 6. The van der Waals surface area contributed by atoms with Gasteiger partial charge in [0, 0.05) is 0 Å². The fourth-order valence-corrected chi connectivity index (χ4v) is 2.91. The molecule has 6 nitrogen and oxygen atoms in total. The Balaban J connectivity index is 1.92. The van der Waals surface area contributed by atoms with Gasteiger partial charge in [-0.1, -0.05) is 57.6 Å². The second kappa shape index (κ2) is 19.3. The topological polar surface area (TPSA) is 63.2 Å². The normalized spacial score (nSPS) is 10.9. The van der Waals surface area contributed by atoms with Crippen molar-refractivity contribution in [2.24, 2.45) is 0 Å². The van der Waals surface area contributed by atoms with E-state index in [9.17, 15) is 4.79 Å². The largest absolute Gasteiger partial charge is 0.491 e. The van der Waals surface area contributed by atoms with Crippen molar-refractivity contribution in [2.75, 3.05) is 53.4 Å². The molecule has 0 bridgehead atoms. The average molecular weight is 425 g/mol. The number of benzene rings is 1. The van der Waals surface area contributed by atoms with Crippen molar-refractivity contribution in [1.29, 1.82) is 0 Å². The highest BCUT2D eigenvalue weighted by molar-refractivity contribution is 5.70. The molecule has 0 amide bonds. The summed E-state index contributed by atoms with van der Waals surface area (Å²) < 4.78 is 26.1. The molecule has 0 N–H and O–H groups in total. The standard InChI is InChI=1S/C24H40O6/c1-3-4-5-6-7-8-9-10-22-11-13-23(14-12-22)30-20-19-28-16-15-27-17-18-29-21-24(25)26-2/h11-14H,3-10,15-21H2,1-2H3. The Morgan fingerprint density at radius 1 is 0.733 bits per heavy atom. The molecular weight excluding hydrogens is 384 g/mol. The predicted octanol–water partition coefficient (Wildman–Crippen LogP) is 4.58. The van der Waals surface area contributed by atoms with Crippen molar-refractivity contribution in [1.82, 2.24) is 0 Å². The van der Waals surface area contributed by atoms with E-state index in [1.165, 1.54) is 57.6 Å². The molecule has 1 aromatic carbocycles. The molecule has 30 heavy (non-hydrogen) atoms. The predicted molar refractivity (Wildman–Crippen MR) is 118 cm³/mol. The van der Waals surface area contributed by atoms with Crippen LogP contribution in [0.5, 0.6) is 5.75 Å². The highest BCUT2D eigenvalue weighted by Gasteiger charge is 2.00. The molecule has 0 aliphatic rings. The number of hydrogen-bond donors (Lipinski definition) is 0. The molecule has 0 saturated carbocycles. The molecule has 0 radical (unpaired) electrons. The van der Waals surface area contributed by atoms with Crippen LogP contribution in [0.1, 0.15) is 57.4 Å². The van der Waals surface area contributed by atoms with Crippen molar-refractivity contribution < 1.29 is 28.5 Å². The van der Waals surface area contributed by atoms with E-state index in [1.54, 1.807) is 0 Å². The summed E-state index contributed by atoms with van der Waals surface area (Å²) in [6, 6.07) is 8.38. The zero-order chi connectivity index (χ0) is 21.7. The fraction of sp³-hybridized carbons (Fsp3) is 0.708. The summed E-state index contributed by atoms with van der Waals surface area (Å²) >= 11 is 0. The molecule has 6 heteroatoms. The van der Waals surface area contributed by atoms with E-state index >= 15 is 0 Å². The van der Waals surface area contributed by atoms with Gasteiger partial charge in [-0.2, -0.15) is 0 Å². The summed E-state index contributed by atoms with van der Waals surface area (Å²) in [7, 11) is 1.33. The summed E-state index contributed by atoms with van der Waals surface area (Å²) in [5, 5.41) is 0. The molecule has 0 heterocycles. The first-order valence-corrected chi connectivity index (χ1v) is 11.3. The minimum absolute atomic E-state index is 0.0478. The van der Waals surface area contributed by atoms with Gasteiger partial charge in [0.15, 0.2) is 0 Å². The maximum absolute atomic E-state index is 10.8. The molecule has 0 saturated heterocycles. The second-order valence-corrected chi connectivity index (χ2v) is 7.22. The van der Waals surface area contributed by atoms with Gasteiger partial charge in [-0.3, -0.25) is 0 Å². The number of carbonyl (C=O) groups is 1. The number of rotatable bonds is 20. The SMILES string of the molecule is CCCCCCCCCc1ccc(OCCOCCOCCOCC(=O)OC)cc1. The van der Waals surface area contributed by atoms with Crippen LogP contribution in [0.3, 0.4) is 0 Å². The Morgan fingerprint density at radius 3 is 1.93 bits per heavy atom. The first-order valence-electron chi connectivity index (χ1n) is 11.3. The Morgan fingerprint density at radius 2 is 1.30 bits per heavy atom. The summed E-state index contributed by atoms with van der Waals surface area (Å²) in [4.78, 5) is 10.8. The molecule has 0 fully saturated rings. The summed E-state index contributed by atoms with van der Waals surface area (Å²) in [6.45, 7) is 4.99. The van der Waals surface area contributed by atoms with Crippen LogP contribution in [-0.4, -0.2) is 59.3 Å². The van der Waals surface area contributed by atoms with Gasteiger partial charge in [-0.25, -0.2) is 4.79 Å². The van der Waals surface area contributed by atoms with Crippen molar-refractivity contribution in [2.45, 2.75) is 58.3 Å². The Kier molecular flexibility index (Phi) is 17.0. The average Bonchev–Trinajstić information content (AvgIpc) is 2.77. The Labute approximate surface area is 182 Å². The van der Waals surface area contributed by atoms with E-state index in [2.05, 4.69) is 23.8 Å². The van der Waals surface area contributed by atoms with Gasteiger partial charge >= 0.3 is 5.97 Å². The third-order valence-electron chi connectivity index (χ3n) is 4.68. The van der Waals surface area contributed by atoms with Crippen molar-refractivity contribution in [3.05, 3.63) is 29.8 Å². The van der Waals surface area contributed by atoms with Crippen LogP contribution in [0, 0.1) is 0 Å². The van der Waals surface area contributed by atoms with Crippen molar-refractivity contribution in [3.63, 3.8) is 0 Å². The summed E-state index contributed by atoms with van der Waals surface area (Å²) in [5.41, 5.74) is 1.37. The minimum Gasteiger partial charge on any atom is -0.491 e. The third kappa shape index (κ3) is 15.2. The lowest BCUT2D eigenvalue weighted by molar-refractivity contribution is -0.146. The van der Waals surface area contributed by atoms with Crippen LogP contribution in [-0.2, 0) is 30.2 Å². The van der Waals surface area contributed by atoms with Crippen LogP contribution in [0.15, 0.2) is 24.3 Å². The van der Waals surface area contributed by atoms with Crippen LogP contribution in [0.4, 0.5) is 0 Å². The summed E-state index contributed by atoms with van der Waals surface area (Å²) in [5.74, 6) is 0.488. The number of unbranched alkanes of at least 4 members (excludes halogenated alkanes) is 6. The summed E-state index contributed by atoms with van der Waals surface area (Å²) in [6.07, 6.45) is 10.5. The third-order valence-corrected chi connectivity index (χ3v) is 4.68. The van der Waals surface area contributed by atoms with Crippen LogP contribution < -0.4 is 4.74 Å². The Bertz CT molecular complexity index is 517. The van der Waals surface area contributed by atoms with E-state index in [0.29, 0.717) is 39.6 Å². The molecule has 0 unspecified atom stereocenters. The molecule has 0 spiro atoms. The number of methoxy groups -OCH3 is 1. The molecule has 1 aromatic rings. The Hall–Kier alpha value is -1.63. The van der Waals surface area contributed by atoms with E-state index in [-0.39, 0.29) is 12.6 Å². The molecule has 0 aliphatic carbocycles. The van der Waals surface area contributed by atoms with Crippen LogP contribution in [0.25, 0.3) is 0 Å². The fourth-order valence-electron chi connectivity index (χ4n) is 2.91. The van der Waals surface area contributed by atoms with Crippen LogP contribution in [0.2, 0.25) is 0 Å². The minimum atomic E-state index is -0.388. The number of carbonyl (C=O) groups excluding carboxylic acids is 1. The van der Waals surface area contributed by atoms with Crippen molar-refractivity contribution >= 4 is 5.97 Å². The van der Waals surface area contributed by atoms with E-state index in [4.69, 9.17) is 18.9 Å². The maximum Gasteiger partial charge on any atom is 0.331 e. The van der Waals surface area contributed by atoms with E-state index in [1.807, 2.05) is 12.1 Å². The first kappa shape index (κ1) is 26.4. The molecule has 0 aromatic heterocycles. The number of esters is 1. The molecule has 1 rings (SSSR count). The highest BCUT2D eigenvalue weighted by Crippen LogP contribution is 2.15. The molecule has 0 atom stereocenters. The lowest BCUT2D eigenvalue weighted by Crippen LogP contribution is -2.15. The highest BCUT2D eigenvalue weighted by atomic mass is 16.6. The van der Waals surface area contributed by atoms with Gasteiger partial charge in [-0.05, 0) is 30.5 Å². The first-order chi connectivity index (χ1) is 14.8. The molecular formula is C24H40O6. The maximum atomic E-state index is 10.8. The lowest BCUT2D eigenvalue weighted by atomic mass is 10.0. The van der Waals surface area contributed by atoms with Crippen molar-refractivity contribution in [3.8, 4) is 5.75 Å². The van der Waals surface area contributed by atoms with Gasteiger partial charge in [0.25, 0.3) is 0 Å². The zero-order valence-electron chi connectivity index (χ0n) is 18.9.